The number of carbonyl (C=O) groups is 2. The number of ether oxygens (including phenoxy) is 4. The number of hydrogen-bond acceptors (Lipinski definition) is 6. The van der Waals surface area contributed by atoms with E-state index in [1.54, 1.807) is 0 Å². The minimum Gasteiger partial charge on any atom is -0.469 e. The van der Waals surface area contributed by atoms with E-state index in [4.69, 9.17) is 53.8 Å². The fraction of sp³-hybridized carbons (Fsp3) is 0.929. The lowest BCUT2D eigenvalue weighted by atomic mass is 9.43. The lowest BCUT2D eigenvalue weighted by molar-refractivity contribution is -0.190. The van der Waals surface area contributed by atoms with Gasteiger partial charge in [0.1, 0.15) is 6.61 Å². The molecule has 0 spiro atoms. The summed E-state index contributed by atoms with van der Waals surface area (Å²) < 4.78 is 21.3. The number of methoxy groups -OCH3 is 1. The molecule has 4 saturated carbocycles. The molecule has 10 heteroatoms. The third-order valence-electron chi connectivity index (χ3n) is 10.5. The topological polar surface area (TPSA) is 83.1 Å². The summed E-state index contributed by atoms with van der Waals surface area (Å²) in [6, 6.07) is -0.187. The predicted octanol–water partition coefficient (Wildman–Crippen LogP) is 6.31. The fourth-order valence-corrected chi connectivity index (χ4v) is 9.37. The second-order valence-electron chi connectivity index (χ2n) is 12.3. The van der Waals surface area contributed by atoms with E-state index in [9.17, 15) is 9.59 Å². The summed E-state index contributed by atoms with van der Waals surface area (Å²) in [5.74, 6) is 1.09. The summed E-state index contributed by atoms with van der Waals surface area (Å²) in [6.45, 7) is 9.64. The standard InChI is InChI=1S/C28H44Cl3NO6/c1-6-36-21-12-16-8-9-17-18-10-11-19(24(33)35-5)27(18,4)13-20(32-25(34)38-15-28(29,30)31)23(17)26(16,3)14-22(21)37-7-2/h16-23H,6-15H2,1-5H3,(H,32,34)/t16-,17-,18-,19+,20+,21-,22-,23+,26-,27-/m0/s1. The van der Waals surface area contributed by atoms with Crippen LogP contribution in [0.25, 0.3) is 0 Å². The van der Waals surface area contributed by atoms with Gasteiger partial charge in [0.2, 0.25) is 3.79 Å². The summed E-state index contributed by atoms with van der Waals surface area (Å²) in [5.41, 5.74) is -0.333. The molecule has 4 rings (SSSR count). The molecule has 0 aliphatic heterocycles. The zero-order chi connectivity index (χ0) is 27.9. The zero-order valence-corrected chi connectivity index (χ0v) is 25.5. The molecule has 0 heterocycles. The Kier molecular flexibility index (Phi) is 9.46. The highest BCUT2D eigenvalue weighted by molar-refractivity contribution is 6.67. The maximum atomic E-state index is 13.0. The van der Waals surface area contributed by atoms with Crippen LogP contribution in [0.4, 0.5) is 4.79 Å². The lowest BCUT2D eigenvalue weighted by Crippen LogP contribution is -2.64. The summed E-state index contributed by atoms with van der Waals surface area (Å²) in [7, 11) is 1.46. The molecule has 218 valence electrons. The SMILES string of the molecule is CCO[C@H]1C[C@@H]2CC[C@@H]3[C@H]([C@H](NC(=O)OCC(Cl)(Cl)Cl)C[C@]4(C)[C@@H](C(=O)OC)CC[C@@H]34)[C@@]2(C)C[C@@H]1OCC. The Labute approximate surface area is 242 Å². The van der Waals surface area contributed by atoms with Crippen LogP contribution in [0.5, 0.6) is 0 Å². The number of esters is 1. The Morgan fingerprint density at radius 1 is 0.947 bits per heavy atom. The van der Waals surface area contributed by atoms with E-state index in [-0.39, 0.29) is 53.5 Å². The first-order valence-electron chi connectivity index (χ1n) is 14.2. The molecular weight excluding hydrogens is 553 g/mol. The van der Waals surface area contributed by atoms with Gasteiger partial charge in [0.15, 0.2) is 0 Å². The predicted molar refractivity (Wildman–Crippen MR) is 147 cm³/mol. The molecule has 0 unspecified atom stereocenters. The Balaban J connectivity index is 1.68. The number of fused-ring (bicyclic) bond motifs is 5. The van der Waals surface area contributed by atoms with Gasteiger partial charge >= 0.3 is 12.1 Å². The molecule has 0 radical (unpaired) electrons. The maximum absolute atomic E-state index is 13.0. The Morgan fingerprint density at radius 2 is 1.63 bits per heavy atom. The van der Waals surface area contributed by atoms with Crippen molar-refractivity contribution in [2.45, 2.75) is 94.7 Å². The molecule has 1 N–H and O–H groups in total. The number of alkyl carbamates (subject to hydrolysis) is 1. The molecule has 7 nitrogen and oxygen atoms in total. The Bertz CT molecular complexity index is 870. The van der Waals surface area contributed by atoms with E-state index < -0.39 is 9.89 Å². The molecule has 0 bridgehead atoms. The third kappa shape index (κ3) is 5.79. The molecular formula is C28H44Cl3NO6. The van der Waals surface area contributed by atoms with Crippen molar-refractivity contribution in [2.75, 3.05) is 26.9 Å². The number of nitrogens with one attached hydrogen (secondary N) is 1. The molecule has 0 aromatic rings. The van der Waals surface area contributed by atoms with Gasteiger partial charge < -0.3 is 24.3 Å². The highest BCUT2D eigenvalue weighted by Crippen LogP contribution is 2.67. The van der Waals surface area contributed by atoms with Crippen molar-refractivity contribution >= 4 is 46.9 Å². The smallest absolute Gasteiger partial charge is 0.407 e. The van der Waals surface area contributed by atoms with Crippen molar-refractivity contribution in [3.63, 3.8) is 0 Å². The van der Waals surface area contributed by atoms with Crippen LogP contribution in [-0.4, -0.2) is 61.0 Å². The molecule has 38 heavy (non-hydrogen) atoms. The second-order valence-corrected chi connectivity index (χ2v) is 14.8. The summed E-state index contributed by atoms with van der Waals surface area (Å²) in [6.07, 6.45) is 6.00. The van der Waals surface area contributed by atoms with Crippen LogP contribution < -0.4 is 5.32 Å². The van der Waals surface area contributed by atoms with E-state index in [2.05, 4.69) is 19.2 Å². The highest BCUT2D eigenvalue weighted by atomic mass is 35.6. The number of rotatable bonds is 7. The van der Waals surface area contributed by atoms with Gasteiger partial charge in [-0.25, -0.2) is 4.79 Å². The van der Waals surface area contributed by atoms with Crippen LogP contribution in [0.1, 0.15) is 72.6 Å². The van der Waals surface area contributed by atoms with Crippen molar-refractivity contribution in [1.29, 1.82) is 0 Å². The van der Waals surface area contributed by atoms with Crippen LogP contribution in [0.15, 0.2) is 0 Å². The molecule has 4 aliphatic carbocycles. The van der Waals surface area contributed by atoms with Crippen LogP contribution in [0.2, 0.25) is 0 Å². The first-order chi connectivity index (χ1) is 17.9. The van der Waals surface area contributed by atoms with Gasteiger partial charge in [0.05, 0.1) is 25.2 Å². The normalized spacial score (nSPS) is 42.4. The number of carbonyl (C=O) groups excluding carboxylic acids is 2. The molecule has 0 saturated heterocycles. The number of hydrogen-bond donors (Lipinski definition) is 1. The van der Waals surface area contributed by atoms with Gasteiger partial charge in [-0.2, -0.15) is 0 Å². The van der Waals surface area contributed by atoms with E-state index in [0.717, 1.165) is 38.5 Å². The summed E-state index contributed by atoms with van der Waals surface area (Å²) in [5, 5.41) is 3.19. The number of amides is 1. The van der Waals surface area contributed by atoms with Gasteiger partial charge in [0, 0.05) is 19.3 Å². The van der Waals surface area contributed by atoms with Gasteiger partial charge in [-0.3, -0.25) is 4.79 Å². The van der Waals surface area contributed by atoms with Gasteiger partial charge in [-0.05, 0) is 93.3 Å². The first-order valence-corrected chi connectivity index (χ1v) is 15.3. The highest BCUT2D eigenvalue weighted by Gasteiger charge is 2.65. The monoisotopic (exact) mass is 595 g/mol. The quantitative estimate of drug-likeness (QED) is 0.274. The van der Waals surface area contributed by atoms with E-state index >= 15 is 0 Å². The molecule has 1 amide bonds. The zero-order valence-electron chi connectivity index (χ0n) is 23.3. The van der Waals surface area contributed by atoms with Crippen molar-refractivity contribution in [3.8, 4) is 0 Å². The molecule has 4 aliphatic rings. The third-order valence-corrected chi connectivity index (χ3v) is 10.8. The van der Waals surface area contributed by atoms with Crippen molar-refractivity contribution in [2.24, 2.45) is 40.4 Å². The maximum Gasteiger partial charge on any atom is 0.407 e. The minimum atomic E-state index is -1.69. The van der Waals surface area contributed by atoms with Crippen LogP contribution >= 0.6 is 34.8 Å². The van der Waals surface area contributed by atoms with E-state index in [0.29, 0.717) is 37.4 Å². The van der Waals surface area contributed by atoms with Crippen molar-refractivity contribution < 1.29 is 28.5 Å². The fourth-order valence-electron chi connectivity index (χ4n) is 9.20. The van der Waals surface area contributed by atoms with Crippen LogP contribution in [0.3, 0.4) is 0 Å². The van der Waals surface area contributed by atoms with E-state index in [1.807, 2.05) is 13.8 Å². The largest absolute Gasteiger partial charge is 0.469 e. The van der Waals surface area contributed by atoms with Gasteiger partial charge in [0.25, 0.3) is 0 Å². The Hall–Kier alpha value is -0.470. The molecule has 0 aromatic heterocycles. The second kappa shape index (κ2) is 11.8. The van der Waals surface area contributed by atoms with E-state index in [1.165, 1.54) is 7.11 Å². The van der Waals surface area contributed by atoms with Crippen LogP contribution in [-0.2, 0) is 23.7 Å². The average molecular weight is 597 g/mol. The van der Waals surface area contributed by atoms with Crippen LogP contribution in [0, 0.1) is 40.4 Å². The van der Waals surface area contributed by atoms with Crippen molar-refractivity contribution in [1.82, 2.24) is 5.32 Å². The first kappa shape index (κ1) is 30.5. The van der Waals surface area contributed by atoms with Crippen molar-refractivity contribution in [3.05, 3.63) is 0 Å². The molecule has 10 atom stereocenters. The molecule has 4 fully saturated rings. The summed E-state index contributed by atoms with van der Waals surface area (Å²) >= 11 is 17.5. The van der Waals surface area contributed by atoms with Gasteiger partial charge in [-0.15, -0.1) is 0 Å². The average Bonchev–Trinajstić information content (AvgIpc) is 3.19. The Morgan fingerprint density at radius 3 is 2.26 bits per heavy atom. The lowest BCUT2D eigenvalue weighted by Gasteiger charge is -2.64. The minimum absolute atomic E-state index is 0.0108. The summed E-state index contributed by atoms with van der Waals surface area (Å²) in [4.78, 5) is 25.9. The van der Waals surface area contributed by atoms with Gasteiger partial charge in [-0.1, -0.05) is 48.7 Å². The molecule has 0 aromatic carbocycles. The number of halogens is 3. The number of alkyl halides is 3.